The lowest BCUT2D eigenvalue weighted by Crippen LogP contribution is -2.34. The Morgan fingerprint density at radius 2 is 1.47 bits per heavy atom. The maximum absolute atomic E-state index is 13.2. The smallest absolute Gasteiger partial charge is 0.348 e. The van der Waals surface area contributed by atoms with Gasteiger partial charge in [0.05, 0.1) is 23.7 Å². The maximum atomic E-state index is 13.2. The van der Waals surface area contributed by atoms with Crippen LogP contribution in [0.1, 0.15) is 40.5 Å². The average Bonchev–Trinajstić information content (AvgIpc) is 3.37. The van der Waals surface area contributed by atoms with Crippen molar-refractivity contribution in [1.82, 2.24) is 14.9 Å². The van der Waals surface area contributed by atoms with Gasteiger partial charge in [-0.1, -0.05) is 42.5 Å². The number of hydrogen-bond donors (Lipinski definition) is 1. The number of alkyl halides is 6. The van der Waals surface area contributed by atoms with E-state index in [9.17, 15) is 31.1 Å². The summed E-state index contributed by atoms with van der Waals surface area (Å²) in [6.45, 7) is 1.89. The van der Waals surface area contributed by atoms with Crippen molar-refractivity contribution >= 4 is 5.91 Å². The monoisotopic (exact) mass is 531 g/mol. The number of nitrogens with zero attached hydrogens (tertiary/aromatic N) is 2. The normalized spacial score (nSPS) is 12.8. The Morgan fingerprint density at radius 3 is 2.05 bits per heavy atom. The van der Waals surface area contributed by atoms with Crippen molar-refractivity contribution in [3.8, 4) is 16.8 Å². The molecule has 38 heavy (non-hydrogen) atoms. The van der Waals surface area contributed by atoms with Gasteiger partial charge < -0.3 is 5.32 Å². The SMILES string of the molecule is C[C@H](CCc1ccccc1)NC(=O)c1cncn1-c1ccc(-c2cc(C(F)(F)F)cc(C(F)(F)F)c2)cc1. The Balaban J connectivity index is 1.52. The summed E-state index contributed by atoms with van der Waals surface area (Å²) in [6.07, 6.45) is -5.58. The van der Waals surface area contributed by atoms with Gasteiger partial charge in [0.15, 0.2) is 0 Å². The molecule has 198 valence electrons. The molecule has 10 heteroatoms. The minimum Gasteiger partial charge on any atom is -0.348 e. The van der Waals surface area contributed by atoms with Gasteiger partial charge in [0.25, 0.3) is 5.91 Å². The molecule has 1 aromatic heterocycles. The van der Waals surface area contributed by atoms with Crippen LogP contribution >= 0.6 is 0 Å². The van der Waals surface area contributed by atoms with Gasteiger partial charge in [0, 0.05) is 11.7 Å². The Kier molecular flexibility index (Phi) is 7.61. The number of rotatable bonds is 7. The molecule has 4 aromatic rings. The Bertz CT molecular complexity index is 1360. The Morgan fingerprint density at radius 1 is 0.868 bits per heavy atom. The third kappa shape index (κ3) is 6.42. The summed E-state index contributed by atoms with van der Waals surface area (Å²) in [5.74, 6) is -0.361. The maximum Gasteiger partial charge on any atom is 0.416 e. The number of imidazole rings is 1. The molecule has 0 saturated carbocycles. The second-order valence-corrected chi connectivity index (χ2v) is 8.89. The third-order valence-corrected chi connectivity index (χ3v) is 6.02. The highest BCUT2D eigenvalue weighted by Crippen LogP contribution is 2.38. The quantitative estimate of drug-likeness (QED) is 0.254. The summed E-state index contributed by atoms with van der Waals surface area (Å²) in [5, 5.41) is 2.93. The molecule has 1 N–H and O–H groups in total. The summed E-state index contributed by atoms with van der Waals surface area (Å²) in [6, 6.07) is 17.0. The Hall–Kier alpha value is -4.08. The van der Waals surface area contributed by atoms with Gasteiger partial charge in [-0.05, 0) is 66.8 Å². The van der Waals surface area contributed by atoms with E-state index in [1.54, 1.807) is 0 Å². The van der Waals surface area contributed by atoms with Crippen molar-refractivity contribution in [1.29, 1.82) is 0 Å². The number of carbonyl (C=O) groups is 1. The number of aromatic nitrogens is 2. The van der Waals surface area contributed by atoms with Gasteiger partial charge in [-0.2, -0.15) is 26.3 Å². The summed E-state index contributed by atoms with van der Waals surface area (Å²) in [4.78, 5) is 16.9. The number of carbonyl (C=O) groups excluding carboxylic acids is 1. The van der Waals surface area contributed by atoms with Crippen LogP contribution in [0.25, 0.3) is 16.8 Å². The van der Waals surface area contributed by atoms with E-state index in [4.69, 9.17) is 0 Å². The van der Waals surface area contributed by atoms with E-state index in [1.807, 2.05) is 37.3 Å². The summed E-state index contributed by atoms with van der Waals surface area (Å²) >= 11 is 0. The van der Waals surface area contributed by atoms with Gasteiger partial charge in [-0.15, -0.1) is 0 Å². The van der Waals surface area contributed by atoms with E-state index in [2.05, 4.69) is 10.3 Å². The number of halogens is 6. The first-order chi connectivity index (χ1) is 17.9. The minimum absolute atomic E-state index is 0.0924. The molecule has 0 radical (unpaired) electrons. The lowest BCUT2D eigenvalue weighted by molar-refractivity contribution is -0.143. The van der Waals surface area contributed by atoms with E-state index in [0.29, 0.717) is 17.8 Å². The first kappa shape index (κ1) is 27.0. The third-order valence-electron chi connectivity index (χ3n) is 6.02. The standard InChI is InChI=1S/C28H23F6N3O/c1-18(7-8-19-5-3-2-4-6-19)36-26(38)25-16-35-17-37(25)24-11-9-20(10-12-24)21-13-22(27(29,30)31)15-23(14-21)28(32,33)34/h2-6,9-18H,7-8H2,1H3,(H,36,38)/t18-/m1/s1. The molecule has 1 heterocycles. The largest absolute Gasteiger partial charge is 0.416 e. The second-order valence-electron chi connectivity index (χ2n) is 8.89. The van der Waals surface area contributed by atoms with Crippen LogP contribution in [0.4, 0.5) is 26.3 Å². The summed E-state index contributed by atoms with van der Waals surface area (Å²) in [7, 11) is 0. The summed E-state index contributed by atoms with van der Waals surface area (Å²) < 4.78 is 80.9. The molecule has 0 unspecified atom stereocenters. The predicted octanol–water partition coefficient (Wildman–Crippen LogP) is 7.33. The molecular formula is C28H23F6N3O. The molecule has 4 nitrogen and oxygen atoms in total. The van der Waals surface area contributed by atoms with Crippen LogP contribution in [0.5, 0.6) is 0 Å². The van der Waals surface area contributed by atoms with Gasteiger partial charge >= 0.3 is 12.4 Å². The molecule has 0 spiro atoms. The van der Waals surface area contributed by atoms with Crippen LogP contribution in [0, 0.1) is 0 Å². The van der Waals surface area contributed by atoms with Crippen molar-refractivity contribution in [3.63, 3.8) is 0 Å². The van der Waals surface area contributed by atoms with Crippen molar-refractivity contribution in [3.05, 3.63) is 108 Å². The van der Waals surface area contributed by atoms with E-state index in [-0.39, 0.29) is 34.8 Å². The first-order valence-corrected chi connectivity index (χ1v) is 11.7. The van der Waals surface area contributed by atoms with Crippen molar-refractivity contribution < 1.29 is 31.1 Å². The minimum atomic E-state index is -4.94. The number of nitrogens with one attached hydrogen (secondary N) is 1. The van der Waals surface area contributed by atoms with E-state index in [1.165, 1.54) is 41.4 Å². The Labute approximate surface area is 215 Å². The van der Waals surface area contributed by atoms with E-state index in [0.717, 1.165) is 18.4 Å². The molecule has 1 atom stereocenters. The molecule has 0 bridgehead atoms. The van der Waals surface area contributed by atoms with Crippen molar-refractivity contribution in [2.24, 2.45) is 0 Å². The van der Waals surface area contributed by atoms with Crippen molar-refractivity contribution in [2.45, 2.75) is 38.2 Å². The molecule has 0 aliphatic carbocycles. The van der Waals surface area contributed by atoms with Crippen molar-refractivity contribution in [2.75, 3.05) is 0 Å². The van der Waals surface area contributed by atoms with Crippen LogP contribution in [0.3, 0.4) is 0 Å². The molecule has 0 saturated heterocycles. The highest BCUT2D eigenvalue weighted by Gasteiger charge is 2.37. The fourth-order valence-corrected chi connectivity index (χ4v) is 4.00. The number of hydrogen-bond acceptors (Lipinski definition) is 2. The van der Waals surface area contributed by atoms with Crippen LogP contribution in [-0.4, -0.2) is 21.5 Å². The molecule has 0 fully saturated rings. The molecular weight excluding hydrogens is 508 g/mol. The molecule has 0 aliphatic heterocycles. The molecule has 4 rings (SSSR count). The zero-order chi connectivity index (χ0) is 27.5. The van der Waals surface area contributed by atoms with Gasteiger partial charge in [-0.3, -0.25) is 9.36 Å². The molecule has 3 aromatic carbocycles. The molecule has 1 amide bonds. The fourth-order valence-electron chi connectivity index (χ4n) is 4.00. The second kappa shape index (κ2) is 10.7. The van der Waals surface area contributed by atoms with Crippen LogP contribution < -0.4 is 5.32 Å². The molecule has 0 aliphatic rings. The summed E-state index contributed by atoms with van der Waals surface area (Å²) in [5.41, 5.74) is -0.982. The van der Waals surface area contributed by atoms with Crippen LogP contribution in [0.15, 0.2) is 85.3 Å². The highest BCUT2D eigenvalue weighted by molar-refractivity contribution is 5.93. The lowest BCUT2D eigenvalue weighted by atomic mass is 9.99. The van der Waals surface area contributed by atoms with E-state index < -0.39 is 23.5 Å². The fraction of sp³-hybridized carbons (Fsp3) is 0.214. The van der Waals surface area contributed by atoms with E-state index >= 15 is 0 Å². The lowest BCUT2D eigenvalue weighted by Gasteiger charge is -2.16. The zero-order valence-corrected chi connectivity index (χ0v) is 20.1. The van der Waals surface area contributed by atoms with Crippen LogP contribution in [0.2, 0.25) is 0 Å². The number of amides is 1. The highest BCUT2D eigenvalue weighted by atomic mass is 19.4. The zero-order valence-electron chi connectivity index (χ0n) is 20.1. The first-order valence-electron chi connectivity index (χ1n) is 11.7. The average molecular weight is 532 g/mol. The topological polar surface area (TPSA) is 46.9 Å². The predicted molar refractivity (Wildman–Crippen MR) is 131 cm³/mol. The number of aryl methyl sites for hydroxylation is 1. The van der Waals surface area contributed by atoms with Gasteiger partial charge in [0.2, 0.25) is 0 Å². The van der Waals surface area contributed by atoms with Crippen LogP contribution in [-0.2, 0) is 18.8 Å². The van der Waals surface area contributed by atoms with Gasteiger partial charge in [0.1, 0.15) is 5.69 Å². The van der Waals surface area contributed by atoms with Gasteiger partial charge in [-0.25, -0.2) is 4.98 Å². The number of benzene rings is 3.